The highest BCUT2D eigenvalue weighted by molar-refractivity contribution is 6.14. The lowest BCUT2D eigenvalue weighted by atomic mass is 9.96. The lowest BCUT2D eigenvalue weighted by molar-refractivity contribution is -0.393. The van der Waals surface area contributed by atoms with Crippen molar-refractivity contribution in [3.05, 3.63) is 107 Å². The van der Waals surface area contributed by atoms with Gasteiger partial charge < -0.3 is 5.11 Å². The van der Waals surface area contributed by atoms with Crippen LogP contribution in [0, 0.1) is 30.3 Å². The topological polar surface area (TPSA) is 167 Å². The fourth-order valence-electron chi connectivity index (χ4n) is 3.74. The third-order valence-corrected chi connectivity index (χ3v) is 5.02. The number of fused-ring (bicyclic) bond motifs is 3. The van der Waals surface area contributed by atoms with Crippen molar-refractivity contribution in [3.63, 3.8) is 0 Å². The second-order valence-corrected chi connectivity index (χ2v) is 6.85. The van der Waals surface area contributed by atoms with E-state index < -0.39 is 43.4 Å². The standard InChI is InChI=1S/C21H11N3O8/c25-21(26)17-9-12(22(27)28)7-15-14(6-11-4-2-1-3-5-11)16-8-13(23(29)30)10-18(24(31)32)20(16)19(15)17/h1-10H,(H,25,26)/b14-6-. The Morgan fingerprint density at radius 3 is 1.88 bits per heavy atom. The summed E-state index contributed by atoms with van der Waals surface area (Å²) in [6.07, 6.45) is 1.55. The van der Waals surface area contributed by atoms with Crippen LogP contribution in [0.25, 0.3) is 22.8 Å². The molecule has 1 N–H and O–H groups in total. The third-order valence-electron chi connectivity index (χ3n) is 5.02. The Balaban J connectivity index is 2.19. The number of nitrogens with zero attached hydrogens (tertiary/aromatic N) is 3. The summed E-state index contributed by atoms with van der Waals surface area (Å²) in [6.45, 7) is 0. The summed E-state index contributed by atoms with van der Waals surface area (Å²) in [6, 6.07) is 12.4. The van der Waals surface area contributed by atoms with Gasteiger partial charge >= 0.3 is 5.97 Å². The average Bonchev–Trinajstić information content (AvgIpc) is 3.06. The van der Waals surface area contributed by atoms with Crippen molar-refractivity contribution in [3.8, 4) is 11.1 Å². The minimum atomic E-state index is -1.52. The van der Waals surface area contributed by atoms with Crippen molar-refractivity contribution in [2.24, 2.45) is 0 Å². The van der Waals surface area contributed by atoms with Crippen LogP contribution in [-0.2, 0) is 0 Å². The van der Waals surface area contributed by atoms with E-state index in [1.165, 1.54) is 0 Å². The van der Waals surface area contributed by atoms with E-state index in [-0.39, 0.29) is 27.8 Å². The summed E-state index contributed by atoms with van der Waals surface area (Å²) >= 11 is 0. The maximum absolute atomic E-state index is 11.9. The summed E-state index contributed by atoms with van der Waals surface area (Å²) < 4.78 is 0. The van der Waals surface area contributed by atoms with Crippen LogP contribution >= 0.6 is 0 Å². The van der Waals surface area contributed by atoms with Crippen molar-refractivity contribution in [1.29, 1.82) is 0 Å². The minimum absolute atomic E-state index is 0.0488. The van der Waals surface area contributed by atoms with E-state index in [1.54, 1.807) is 36.4 Å². The van der Waals surface area contributed by atoms with Crippen LogP contribution in [0.15, 0.2) is 54.6 Å². The van der Waals surface area contributed by atoms with E-state index in [2.05, 4.69) is 0 Å². The summed E-state index contributed by atoms with van der Waals surface area (Å²) in [7, 11) is 0. The first-order valence-corrected chi connectivity index (χ1v) is 8.99. The van der Waals surface area contributed by atoms with Crippen molar-refractivity contribution >= 4 is 34.7 Å². The van der Waals surface area contributed by atoms with Crippen molar-refractivity contribution < 1.29 is 24.7 Å². The van der Waals surface area contributed by atoms with Gasteiger partial charge in [-0.25, -0.2) is 4.79 Å². The first-order chi connectivity index (χ1) is 15.2. The highest BCUT2D eigenvalue weighted by atomic mass is 16.6. The Hall–Kier alpha value is -4.93. The molecule has 11 nitrogen and oxygen atoms in total. The molecule has 0 heterocycles. The van der Waals surface area contributed by atoms with Gasteiger partial charge in [-0.2, -0.15) is 0 Å². The number of non-ortho nitro benzene ring substituents is 2. The minimum Gasteiger partial charge on any atom is -0.478 e. The van der Waals surface area contributed by atoms with Gasteiger partial charge in [0.05, 0.1) is 32.0 Å². The Morgan fingerprint density at radius 2 is 1.34 bits per heavy atom. The molecule has 0 atom stereocenters. The first-order valence-electron chi connectivity index (χ1n) is 8.99. The van der Waals surface area contributed by atoms with Gasteiger partial charge in [0.2, 0.25) is 0 Å². The van der Waals surface area contributed by atoms with Gasteiger partial charge in [0, 0.05) is 29.3 Å². The van der Waals surface area contributed by atoms with Crippen LogP contribution in [0.2, 0.25) is 0 Å². The van der Waals surface area contributed by atoms with Crippen molar-refractivity contribution in [1.82, 2.24) is 0 Å². The van der Waals surface area contributed by atoms with E-state index in [1.807, 2.05) is 0 Å². The molecule has 0 bridgehead atoms. The number of carboxylic acids is 1. The zero-order valence-electron chi connectivity index (χ0n) is 15.9. The molecule has 1 aliphatic carbocycles. The van der Waals surface area contributed by atoms with Crippen LogP contribution in [-0.4, -0.2) is 25.8 Å². The van der Waals surface area contributed by atoms with Crippen LogP contribution in [0.1, 0.15) is 27.0 Å². The van der Waals surface area contributed by atoms with E-state index in [0.717, 1.165) is 24.3 Å². The molecule has 0 saturated heterocycles. The highest BCUT2D eigenvalue weighted by Crippen LogP contribution is 2.53. The number of aromatic carboxylic acids is 1. The molecule has 0 aromatic heterocycles. The van der Waals surface area contributed by atoms with Crippen molar-refractivity contribution in [2.45, 2.75) is 0 Å². The highest BCUT2D eigenvalue weighted by Gasteiger charge is 2.38. The van der Waals surface area contributed by atoms with Gasteiger partial charge in [-0.1, -0.05) is 30.3 Å². The number of rotatable bonds is 5. The largest absolute Gasteiger partial charge is 0.478 e. The maximum Gasteiger partial charge on any atom is 0.336 e. The Bertz CT molecular complexity index is 1300. The summed E-state index contributed by atoms with van der Waals surface area (Å²) in [5.74, 6) is -1.52. The zero-order chi connectivity index (χ0) is 23.2. The molecule has 4 rings (SSSR count). The monoisotopic (exact) mass is 433 g/mol. The van der Waals surface area contributed by atoms with Crippen LogP contribution in [0.4, 0.5) is 17.1 Å². The maximum atomic E-state index is 11.9. The third kappa shape index (κ3) is 3.23. The fourth-order valence-corrected chi connectivity index (χ4v) is 3.74. The second-order valence-electron chi connectivity index (χ2n) is 6.85. The molecule has 0 aliphatic heterocycles. The van der Waals surface area contributed by atoms with Crippen LogP contribution in [0.3, 0.4) is 0 Å². The number of nitro benzene ring substituents is 3. The molecule has 1 aliphatic rings. The number of carboxylic acid groups (broad SMARTS) is 1. The molecule has 0 amide bonds. The molecule has 3 aromatic carbocycles. The molecule has 0 spiro atoms. The normalized spacial score (nSPS) is 12.8. The fraction of sp³-hybridized carbons (Fsp3) is 0. The van der Waals surface area contributed by atoms with E-state index >= 15 is 0 Å². The summed E-state index contributed by atoms with van der Waals surface area (Å²) in [5, 5.41) is 44.3. The molecular weight excluding hydrogens is 422 g/mol. The van der Waals surface area contributed by atoms with Gasteiger partial charge in [-0.15, -0.1) is 0 Å². The number of hydrogen-bond acceptors (Lipinski definition) is 7. The quantitative estimate of drug-likeness (QED) is 0.350. The molecule has 158 valence electrons. The van der Waals surface area contributed by atoms with E-state index in [9.17, 15) is 40.2 Å². The number of benzene rings is 3. The Morgan fingerprint density at radius 1 is 0.781 bits per heavy atom. The van der Waals surface area contributed by atoms with Crippen molar-refractivity contribution in [2.75, 3.05) is 0 Å². The predicted molar refractivity (Wildman–Crippen MR) is 112 cm³/mol. The van der Waals surface area contributed by atoms with Crippen LogP contribution in [0.5, 0.6) is 0 Å². The van der Waals surface area contributed by atoms with E-state index in [4.69, 9.17) is 0 Å². The lowest BCUT2D eigenvalue weighted by Crippen LogP contribution is -2.03. The van der Waals surface area contributed by atoms with E-state index in [0.29, 0.717) is 5.56 Å². The first kappa shape index (κ1) is 20.3. The molecule has 0 fully saturated rings. The van der Waals surface area contributed by atoms with Gasteiger partial charge in [-0.05, 0) is 22.8 Å². The Labute approximate surface area is 178 Å². The van der Waals surface area contributed by atoms with Gasteiger partial charge in [0.15, 0.2) is 0 Å². The molecule has 0 unspecified atom stereocenters. The molecule has 32 heavy (non-hydrogen) atoms. The van der Waals surface area contributed by atoms with Gasteiger partial charge in [0.1, 0.15) is 0 Å². The smallest absolute Gasteiger partial charge is 0.336 e. The lowest BCUT2D eigenvalue weighted by Gasteiger charge is -2.07. The SMILES string of the molecule is O=C(O)c1cc([N+](=O)[O-])cc2c1-c1c(cc([N+](=O)[O-])cc1[N+](=O)[O-])/C2=C\c1ccccc1. The number of nitro groups is 3. The number of carbonyl (C=O) groups is 1. The molecule has 11 heteroatoms. The van der Waals surface area contributed by atoms with Crippen LogP contribution < -0.4 is 0 Å². The predicted octanol–water partition coefficient (Wildman–Crippen LogP) is 4.68. The van der Waals surface area contributed by atoms with Gasteiger partial charge in [-0.3, -0.25) is 30.3 Å². The zero-order valence-corrected chi connectivity index (χ0v) is 15.9. The Kier molecular flexibility index (Phi) is 4.70. The average molecular weight is 433 g/mol. The molecular formula is C21H11N3O8. The summed E-state index contributed by atoms with van der Waals surface area (Å²) in [4.78, 5) is 44.2. The van der Waals surface area contributed by atoms with Gasteiger partial charge in [0.25, 0.3) is 17.1 Å². The summed E-state index contributed by atoms with van der Waals surface area (Å²) in [5.41, 5.74) is -1.55. The number of hydrogen-bond donors (Lipinski definition) is 1. The molecule has 0 radical (unpaired) electrons. The molecule has 0 saturated carbocycles. The molecule has 3 aromatic rings. The second kappa shape index (κ2) is 7.40.